The zero-order valence-electron chi connectivity index (χ0n) is 22.2. The molecule has 0 aliphatic heterocycles. The predicted molar refractivity (Wildman–Crippen MR) is 145 cm³/mol. The predicted octanol–water partition coefficient (Wildman–Crippen LogP) is 9.30. The van der Waals surface area contributed by atoms with Gasteiger partial charge < -0.3 is 0 Å². The summed E-state index contributed by atoms with van der Waals surface area (Å²) in [6.07, 6.45) is 14.6. The SMILES string of the molecule is Cc1cc(C)cc(C(CC(=O)CC(c2cc(C)cc(C)c2)C2CCCCC2)C2CCCCC2)c1. The van der Waals surface area contributed by atoms with Crippen molar-refractivity contribution in [1.82, 2.24) is 0 Å². The third-order valence-corrected chi connectivity index (χ3v) is 8.68. The van der Waals surface area contributed by atoms with Gasteiger partial charge in [-0.05, 0) is 88.2 Å². The van der Waals surface area contributed by atoms with Gasteiger partial charge in [0, 0.05) is 12.8 Å². The molecular formula is C33H46O. The van der Waals surface area contributed by atoms with Crippen molar-refractivity contribution in [2.45, 2.75) is 117 Å². The second-order valence-corrected chi connectivity index (χ2v) is 11.8. The first-order chi connectivity index (χ1) is 16.4. The monoisotopic (exact) mass is 458 g/mol. The van der Waals surface area contributed by atoms with Crippen LogP contribution in [0.25, 0.3) is 0 Å². The molecule has 2 unspecified atom stereocenters. The average molecular weight is 459 g/mol. The molecule has 184 valence electrons. The first kappa shape index (κ1) is 25.2. The normalized spacial score (nSPS) is 19.6. The Morgan fingerprint density at radius 2 is 0.912 bits per heavy atom. The fourth-order valence-electron chi connectivity index (χ4n) is 7.21. The van der Waals surface area contributed by atoms with E-state index in [-0.39, 0.29) is 0 Å². The number of hydrogen-bond donors (Lipinski definition) is 0. The summed E-state index contributed by atoms with van der Waals surface area (Å²) in [5.41, 5.74) is 8.16. The van der Waals surface area contributed by atoms with Crippen molar-refractivity contribution in [3.8, 4) is 0 Å². The van der Waals surface area contributed by atoms with Crippen molar-refractivity contribution in [3.05, 3.63) is 69.8 Å². The lowest BCUT2D eigenvalue weighted by atomic mass is 9.71. The average Bonchev–Trinajstić information content (AvgIpc) is 2.81. The lowest BCUT2D eigenvalue weighted by molar-refractivity contribution is -0.120. The second kappa shape index (κ2) is 11.7. The Labute approximate surface area is 208 Å². The summed E-state index contributed by atoms with van der Waals surface area (Å²) >= 11 is 0. The molecule has 0 amide bonds. The summed E-state index contributed by atoms with van der Waals surface area (Å²) in [4.78, 5) is 13.8. The molecule has 0 heterocycles. The fourth-order valence-corrected chi connectivity index (χ4v) is 7.21. The van der Waals surface area contributed by atoms with Gasteiger partial charge >= 0.3 is 0 Å². The highest BCUT2D eigenvalue weighted by Crippen LogP contribution is 2.42. The van der Waals surface area contributed by atoms with Crippen LogP contribution in [0, 0.1) is 39.5 Å². The maximum Gasteiger partial charge on any atom is 0.134 e. The number of aryl methyl sites for hydroxylation is 4. The Kier molecular flexibility index (Phi) is 8.67. The van der Waals surface area contributed by atoms with E-state index < -0.39 is 0 Å². The molecule has 0 N–H and O–H groups in total. The van der Waals surface area contributed by atoms with Crippen molar-refractivity contribution >= 4 is 5.78 Å². The third kappa shape index (κ3) is 6.61. The number of carbonyl (C=O) groups is 1. The molecule has 0 radical (unpaired) electrons. The molecule has 2 aromatic rings. The van der Waals surface area contributed by atoms with Gasteiger partial charge in [-0.15, -0.1) is 0 Å². The van der Waals surface area contributed by atoms with E-state index >= 15 is 0 Å². The van der Waals surface area contributed by atoms with Gasteiger partial charge in [-0.25, -0.2) is 0 Å². The summed E-state index contributed by atoms with van der Waals surface area (Å²) in [5, 5.41) is 0. The molecule has 0 spiro atoms. The van der Waals surface area contributed by atoms with Crippen molar-refractivity contribution < 1.29 is 4.79 Å². The topological polar surface area (TPSA) is 17.1 Å². The molecule has 34 heavy (non-hydrogen) atoms. The zero-order chi connectivity index (χ0) is 24.1. The molecule has 2 saturated carbocycles. The van der Waals surface area contributed by atoms with E-state index in [0.717, 1.165) is 12.8 Å². The van der Waals surface area contributed by atoms with Gasteiger partial charge in [0.25, 0.3) is 0 Å². The minimum absolute atomic E-state index is 0.387. The number of Topliss-reactive ketones (excluding diaryl/α,β-unsaturated/α-hetero) is 1. The summed E-state index contributed by atoms with van der Waals surface area (Å²) in [5.74, 6) is 2.58. The number of benzene rings is 2. The van der Waals surface area contributed by atoms with Crippen molar-refractivity contribution in [2.75, 3.05) is 0 Å². The van der Waals surface area contributed by atoms with E-state index in [1.165, 1.54) is 97.6 Å². The van der Waals surface area contributed by atoms with Crippen LogP contribution in [0.1, 0.15) is 122 Å². The summed E-state index contributed by atoms with van der Waals surface area (Å²) in [6, 6.07) is 14.0. The molecule has 4 rings (SSSR count). The van der Waals surface area contributed by atoms with Crippen LogP contribution in [0.3, 0.4) is 0 Å². The number of hydrogen-bond acceptors (Lipinski definition) is 1. The van der Waals surface area contributed by atoms with E-state index in [1.54, 1.807) is 0 Å². The van der Waals surface area contributed by atoms with E-state index in [2.05, 4.69) is 64.1 Å². The molecule has 1 heteroatoms. The largest absolute Gasteiger partial charge is 0.300 e. The maximum atomic E-state index is 13.8. The summed E-state index contributed by atoms with van der Waals surface area (Å²) in [6.45, 7) is 8.82. The Bertz CT molecular complexity index is 841. The summed E-state index contributed by atoms with van der Waals surface area (Å²) in [7, 11) is 0. The first-order valence-electron chi connectivity index (χ1n) is 14.1. The Morgan fingerprint density at radius 3 is 1.24 bits per heavy atom. The highest BCUT2D eigenvalue weighted by atomic mass is 16.1. The number of carbonyl (C=O) groups excluding carboxylic acids is 1. The highest BCUT2D eigenvalue weighted by molar-refractivity contribution is 5.80. The van der Waals surface area contributed by atoms with Crippen LogP contribution in [0.5, 0.6) is 0 Å². The standard InChI is InChI=1S/C33H46O/c1-23-15-24(2)18-29(17-23)32(27-11-7-5-8-12-27)21-31(34)22-33(28-13-9-6-10-14-28)30-19-25(3)16-26(4)20-30/h15-20,27-28,32-33H,5-14,21-22H2,1-4H3. The smallest absolute Gasteiger partial charge is 0.134 e. The lowest BCUT2D eigenvalue weighted by Crippen LogP contribution is -2.23. The Balaban J connectivity index is 1.58. The molecule has 2 aromatic carbocycles. The first-order valence-corrected chi connectivity index (χ1v) is 14.1. The minimum atomic E-state index is 0.387. The maximum absolute atomic E-state index is 13.8. The van der Waals surface area contributed by atoms with Gasteiger partial charge in [0.05, 0.1) is 0 Å². The van der Waals surface area contributed by atoms with Gasteiger partial charge in [0.2, 0.25) is 0 Å². The Hall–Kier alpha value is -1.89. The number of rotatable bonds is 8. The van der Waals surface area contributed by atoms with E-state index in [1.807, 2.05) is 0 Å². The minimum Gasteiger partial charge on any atom is -0.300 e. The zero-order valence-corrected chi connectivity index (χ0v) is 22.2. The van der Waals surface area contributed by atoms with Crippen LogP contribution in [-0.4, -0.2) is 5.78 Å². The fraction of sp³-hybridized carbons (Fsp3) is 0.606. The quantitative estimate of drug-likeness (QED) is 0.385. The van der Waals surface area contributed by atoms with E-state index in [9.17, 15) is 4.79 Å². The third-order valence-electron chi connectivity index (χ3n) is 8.68. The van der Waals surface area contributed by atoms with Gasteiger partial charge in [-0.1, -0.05) is 97.2 Å². The molecule has 2 aliphatic rings. The van der Waals surface area contributed by atoms with Gasteiger partial charge in [0.1, 0.15) is 5.78 Å². The molecule has 0 bridgehead atoms. The van der Waals surface area contributed by atoms with E-state index in [0.29, 0.717) is 29.5 Å². The molecular weight excluding hydrogens is 412 g/mol. The van der Waals surface area contributed by atoms with Crippen LogP contribution in [0.4, 0.5) is 0 Å². The van der Waals surface area contributed by atoms with Crippen LogP contribution in [0.15, 0.2) is 36.4 Å². The van der Waals surface area contributed by atoms with Crippen LogP contribution >= 0.6 is 0 Å². The molecule has 0 aromatic heterocycles. The molecule has 2 atom stereocenters. The summed E-state index contributed by atoms with van der Waals surface area (Å²) < 4.78 is 0. The Morgan fingerprint density at radius 1 is 0.588 bits per heavy atom. The van der Waals surface area contributed by atoms with Gasteiger partial charge in [0.15, 0.2) is 0 Å². The van der Waals surface area contributed by atoms with Crippen LogP contribution < -0.4 is 0 Å². The molecule has 1 nitrogen and oxygen atoms in total. The van der Waals surface area contributed by atoms with Crippen molar-refractivity contribution in [2.24, 2.45) is 11.8 Å². The molecule has 2 fully saturated rings. The van der Waals surface area contributed by atoms with E-state index in [4.69, 9.17) is 0 Å². The lowest BCUT2D eigenvalue weighted by Gasteiger charge is -2.33. The van der Waals surface area contributed by atoms with Crippen LogP contribution in [-0.2, 0) is 4.79 Å². The number of ketones is 1. The molecule has 0 saturated heterocycles. The highest BCUT2D eigenvalue weighted by Gasteiger charge is 2.31. The van der Waals surface area contributed by atoms with Gasteiger partial charge in [-0.2, -0.15) is 0 Å². The van der Waals surface area contributed by atoms with Crippen LogP contribution in [0.2, 0.25) is 0 Å². The second-order valence-electron chi connectivity index (χ2n) is 11.8. The molecule has 2 aliphatic carbocycles. The van der Waals surface area contributed by atoms with Crippen molar-refractivity contribution in [3.63, 3.8) is 0 Å². The van der Waals surface area contributed by atoms with Crippen molar-refractivity contribution in [1.29, 1.82) is 0 Å². The van der Waals surface area contributed by atoms with Gasteiger partial charge in [-0.3, -0.25) is 4.79 Å².